The van der Waals surface area contributed by atoms with Gasteiger partial charge in [0.05, 0.1) is 5.69 Å². The van der Waals surface area contributed by atoms with E-state index in [9.17, 15) is 14.7 Å². The van der Waals surface area contributed by atoms with E-state index < -0.39 is 5.97 Å². The van der Waals surface area contributed by atoms with Gasteiger partial charge in [-0.1, -0.05) is 42.5 Å². The maximum Gasteiger partial charge on any atom is 0.348 e. The van der Waals surface area contributed by atoms with E-state index in [1.165, 1.54) is 0 Å². The van der Waals surface area contributed by atoms with Gasteiger partial charge >= 0.3 is 5.97 Å². The number of carbonyl (C=O) groups excluding carboxylic acids is 1. The molecule has 0 spiro atoms. The van der Waals surface area contributed by atoms with Crippen LogP contribution in [0, 0.1) is 6.92 Å². The SMILES string of the molecule is CCC(=O)Nc1nc(-c2ccccc2C)c(C(=O)O)s1. The molecule has 0 aliphatic heterocycles. The first-order chi connectivity index (χ1) is 9.52. The molecule has 1 heterocycles. The Morgan fingerprint density at radius 1 is 1.35 bits per heavy atom. The third kappa shape index (κ3) is 2.85. The third-order valence-corrected chi connectivity index (χ3v) is 3.75. The molecule has 2 N–H and O–H groups in total. The average Bonchev–Trinajstić information content (AvgIpc) is 2.83. The maximum absolute atomic E-state index is 11.4. The number of amides is 1. The molecule has 0 radical (unpaired) electrons. The Bertz CT molecular complexity index is 664. The molecule has 0 fully saturated rings. The van der Waals surface area contributed by atoms with Crippen molar-refractivity contribution in [2.45, 2.75) is 20.3 Å². The lowest BCUT2D eigenvalue weighted by Gasteiger charge is -2.02. The quantitative estimate of drug-likeness (QED) is 0.906. The lowest BCUT2D eigenvalue weighted by atomic mass is 10.1. The first-order valence-corrected chi connectivity index (χ1v) is 6.94. The zero-order valence-electron chi connectivity index (χ0n) is 11.1. The van der Waals surface area contributed by atoms with Gasteiger partial charge in [-0.05, 0) is 12.5 Å². The molecular weight excluding hydrogens is 276 g/mol. The maximum atomic E-state index is 11.4. The van der Waals surface area contributed by atoms with Crippen LogP contribution in [-0.2, 0) is 4.79 Å². The number of carbonyl (C=O) groups is 2. The van der Waals surface area contributed by atoms with E-state index in [-0.39, 0.29) is 10.8 Å². The number of hydrogen-bond acceptors (Lipinski definition) is 4. The molecule has 0 saturated carbocycles. The van der Waals surface area contributed by atoms with Crippen molar-refractivity contribution in [1.82, 2.24) is 4.98 Å². The first kappa shape index (κ1) is 14.2. The monoisotopic (exact) mass is 290 g/mol. The number of rotatable bonds is 4. The Balaban J connectivity index is 2.49. The molecule has 0 bridgehead atoms. The molecule has 5 nitrogen and oxygen atoms in total. The minimum absolute atomic E-state index is 0.130. The van der Waals surface area contributed by atoms with Crippen LogP contribution >= 0.6 is 11.3 Å². The number of carboxylic acids is 1. The van der Waals surface area contributed by atoms with Crippen LogP contribution < -0.4 is 5.32 Å². The first-order valence-electron chi connectivity index (χ1n) is 6.13. The summed E-state index contributed by atoms with van der Waals surface area (Å²) in [6, 6.07) is 7.43. The van der Waals surface area contributed by atoms with Gasteiger partial charge in [-0.2, -0.15) is 0 Å². The summed E-state index contributed by atoms with van der Waals surface area (Å²) in [5.41, 5.74) is 2.10. The number of carboxylic acid groups (broad SMARTS) is 1. The van der Waals surface area contributed by atoms with Gasteiger partial charge in [-0.15, -0.1) is 0 Å². The van der Waals surface area contributed by atoms with Gasteiger partial charge in [0.15, 0.2) is 5.13 Å². The molecule has 0 aliphatic rings. The van der Waals surface area contributed by atoms with E-state index >= 15 is 0 Å². The van der Waals surface area contributed by atoms with Crippen LogP contribution in [0.1, 0.15) is 28.6 Å². The highest BCUT2D eigenvalue weighted by Crippen LogP contribution is 2.32. The number of nitrogens with zero attached hydrogens (tertiary/aromatic N) is 1. The van der Waals surface area contributed by atoms with Crippen molar-refractivity contribution >= 4 is 28.3 Å². The van der Waals surface area contributed by atoms with Crippen LogP contribution in [0.15, 0.2) is 24.3 Å². The number of aromatic nitrogens is 1. The largest absolute Gasteiger partial charge is 0.477 e. The second-order valence-electron chi connectivity index (χ2n) is 4.22. The fraction of sp³-hybridized carbons (Fsp3) is 0.214. The molecule has 20 heavy (non-hydrogen) atoms. The zero-order chi connectivity index (χ0) is 14.7. The molecule has 0 atom stereocenters. The van der Waals surface area contributed by atoms with Crippen molar-refractivity contribution in [1.29, 1.82) is 0 Å². The summed E-state index contributed by atoms with van der Waals surface area (Å²) in [6.07, 6.45) is 0.321. The molecule has 1 aromatic carbocycles. The smallest absolute Gasteiger partial charge is 0.348 e. The Hall–Kier alpha value is -2.21. The van der Waals surface area contributed by atoms with Crippen LogP contribution in [0.3, 0.4) is 0 Å². The summed E-state index contributed by atoms with van der Waals surface area (Å²) >= 11 is 0.972. The van der Waals surface area contributed by atoms with Crippen LogP contribution in [0.2, 0.25) is 0 Å². The number of nitrogens with one attached hydrogen (secondary N) is 1. The Labute approximate surface area is 120 Å². The lowest BCUT2D eigenvalue weighted by Crippen LogP contribution is -2.08. The predicted molar refractivity (Wildman–Crippen MR) is 78.2 cm³/mol. The molecular formula is C14H14N2O3S. The van der Waals surface area contributed by atoms with E-state index in [4.69, 9.17) is 0 Å². The van der Waals surface area contributed by atoms with E-state index in [0.29, 0.717) is 17.2 Å². The van der Waals surface area contributed by atoms with Gasteiger partial charge in [0, 0.05) is 12.0 Å². The molecule has 0 unspecified atom stereocenters. The number of anilines is 1. The minimum Gasteiger partial charge on any atom is -0.477 e. The molecule has 1 aromatic heterocycles. The summed E-state index contributed by atoms with van der Waals surface area (Å²) in [4.78, 5) is 27.1. The fourth-order valence-corrected chi connectivity index (χ4v) is 2.58. The lowest BCUT2D eigenvalue weighted by molar-refractivity contribution is -0.115. The minimum atomic E-state index is -1.04. The highest BCUT2D eigenvalue weighted by atomic mass is 32.1. The van der Waals surface area contributed by atoms with Crippen LogP contribution in [0.25, 0.3) is 11.3 Å². The molecule has 2 rings (SSSR count). The van der Waals surface area contributed by atoms with Crippen LogP contribution in [0.5, 0.6) is 0 Å². The van der Waals surface area contributed by atoms with Crippen molar-refractivity contribution in [3.8, 4) is 11.3 Å². The van der Waals surface area contributed by atoms with E-state index in [0.717, 1.165) is 22.5 Å². The molecule has 6 heteroatoms. The number of aryl methyl sites for hydroxylation is 1. The van der Waals surface area contributed by atoms with Gasteiger partial charge in [-0.3, -0.25) is 4.79 Å². The summed E-state index contributed by atoms with van der Waals surface area (Å²) in [5.74, 6) is -1.23. The molecule has 104 valence electrons. The zero-order valence-corrected chi connectivity index (χ0v) is 12.0. The molecule has 1 amide bonds. The van der Waals surface area contributed by atoms with Gasteiger partial charge in [0.25, 0.3) is 0 Å². The van der Waals surface area contributed by atoms with Crippen molar-refractivity contribution < 1.29 is 14.7 Å². The number of hydrogen-bond donors (Lipinski definition) is 2. The summed E-state index contributed by atoms with van der Waals surface area (Å²) < 4.78 is 0. The summed E-state index contributed by atoms with van der Waals surface area (Å²) in [5, 5.41) is 12.2. The summed E-state index contributed by atoms with van der Waals surface area (Å²) in [6.45, 7) is 3.62. The third-order valence-electron chi connectivity index (χ3n) is 2.79. The number of benzene rings is 1. The number of aromatic carboxylic acids is 1. The highest BCUT2D eigenvalue weighted by Gasteiger charge is 2.20. The van der Waals surface area contributed by atoms with Gasteiger partial charge < -0.3 is 10.4 Å². The van der Waals surface area contributed by atoms with Crippen LogP contribution in [-0.4, -0.2) is 22.0 Å². The normalized spacial score (nSPS) is 10.3. The van der Waals surface area contributed by atoms with Gasteiger partial charge in [0.1, 0.15) is 4.88 Å². The molecule has 0 saturated heterocycles. The van der Waals surface area contributed by atoms with Gasteiger partial charge in [0.2, 0.25) is 5.91 Å². The van der Waals surface area contributed by atoms with Crippen LogP contribution in [0.4, 0.5) is 5.13 Å². The molecule has 0 aliphatic carbocycles. The summed E-state index contributed by atoms with van der Waals surface area (Å²) in [7, 11) is 0. The predicted octanol–water partition coefficient (Wildman–Crippen LogP) is 3.17. The average molecular weight is 290 g/mol. The highest BCUT2D eigenvalue weighted by molar-refractivity contribution is 7.18. The number of thiazole rings is 1. The Kier molecular flexibility index (Phi) is 4.14. The Morgan fingerprint density at radius 2 is 2.05 bits per heavy atom. The van der Waals surface area contributed by atoms with Crippen molar-refractivity contribution in [3.63, 3.8) is 0 Å². The topological polar surface area (TPSA) is 79.3 Å². The van der Waals surface area contributed by atoms with E-state index in [1.807, 2.05) is 31.2 Å². The Morgan fingerprint density at radius 3 is 2.65 bits per heavy atom. The molecule has 2 aromatic rings. The standard InChI is InChI=1S/C14H14N2O3S/c1-3-10(17)15-14-16-11(12(20-14)13(18)19)9-7-5-4-6-8(9)2/h4-7H,3H2,1-2H3,(H,18,19)(H,15,16,17). The second kappa shape index (κ2) is 5.83. The van der Waals surface area contributed by atoms with Crippen molar-refractivity contribution in [2.24, 2.45) is 0 Å². The van der Waals surface area contributed by atoms with Crippen molar-refractivity contribution in [2.75, 3.05) is 5.32 Å². The van der Waals surface area contributed by atoms with E-state index in [2.05, 4.69) is 10.3 Å². The van der Waals surface area contributed by atoms with Gasteiger partial charge in [-0.25, -0.2) is 9.78 Å². The fourth-order valence-electron chi connectivity index (χ4n) is 1.75. The van der Waals surface area contributed by atoms with E-state index in [1.54, 1.807) is 6.92 Å². The second-order valence-corrected chi connectivity index (χ2v) is 5.22. The van der Waals surface area contributed by atoms with Crippen molar-refractivity contribution in [3.05, 3.63) is 34.7 Å².